The zero-order chi connectivity index (χ0) is 18.4. The molecule has 1 aliphatic heterocycles. The fraction of sp³-hybridized carbons (Fsp3) is 0.526. The molecule has 148 valence electrons. The molecule has 3 rings (SSSR count). The first kappa shape index (κ1) is 21.5. The number of benzene rings is 1. The molecule has 1 saturated heterocycles. The maximum atomic E-state index is 6.04. The van der Waals surface area contributed by atoms with Gasteiger partial charge in [0.05, 0.1) is 6.54 Å². The van der Waals surface area contributed by atoms with Crippen molar-refractivity contribution in [2.45, 2.75) is 38.7 Å². The lowest BCUT2D eigenvalue weighted by Gasteiger charge is -2.33. The van der Waals surface area contributed by atoms with Crippen LogP contribution in [0.2, 0.25) is 0 Å². The van der Waals surface area contributed by atoms with E-state index in [1.165, 1.54) is 0 Å². The first-order chi connectivity index (χ1) is 12.7. The molecule has 2 aromatic rings. The largest absolute Gasteiger partial charge is 0.489 e. The molecule has 27 heavy (non-hydrogen) atoms. The van der Waals surface area contributed by atoms with Crippen molar-refractivity contribution in [1.82, 2.24) is 25.4 Å². The number of rotatable bonds is 5. The Balaban J connectivity index is 0.00000261. The van der Waals surface area contributed by atoms with E-state index in [4.69, 9.17) is 4.74 Å². The molecule has 1 aliphatic rings. The zero-order valence-electron chi connectivity index (χ0n) is 16.2. The van der Waals surface area contributed by atoms with Gasteiger partial charge in [0.15, 0.2) is 5.96 Å². The standard InChI is InChI=1S/C19H28N6O.HI/c1-14-6-4-5-7-17(14)26-15(2)12-21-19(20-3)25-10-8-16(9-11-25)18-22-13-23-24-18;/h4-7,13,15-16H,8-12H2,1-3H3,(H,20,21)(H,22,23,24);1H. The molecule has 8 heteroatoms. The Labute approximate surface area is 178 Å². The van der Waals surface area contributed by atoms with Crippen LogP contribution in [-0.4, -0.2) is 58.8 Å². The van der Waals surface area contributed by atoms with Crippen LogP contribution in [0, 0.1) is 6.92 Å². The van der Waals surface area contributed by atoms with E-state index in [1.807, 2.05) is 25.2 Å². The number of ether oxygens (including phenoxy) is 1. The van der Waals surface area contributed by atoms with Gasteiger partial charge in [0.25, 0.3) is 0 Å². The molecular weight excluding hydrogens is 455 g/mol. The lowest BCUT2D eigenvalue weighted by molar-refractivity contribution is 0.218. The number of likely N-dealkylation sites (tertiary alicyclic amines) is 1. The van der Waals surface area contributed by atoms with Gasteiger partial charge in [-0.2, -0.15) is 5.10 Å². The number of piperidine rings is 1. The average Bonchev–Trinajstić information content (AvgIpc) is 3.19. The lowest BCUT2D eigenvalue weighted by Crippen LogP contribution is -2.47. The minimum Gasteiger partial charge on any atom is -0.489 e. The first-order valence-electron chi connectivity index (χ1n) is 9.20. The summed E-state index contributed by atoms with van der Waals surface area (Å²) in [5.74, 6) is 3.31. The van der Waals surface area contributed by atoms with Crippen LogP contribution in [0.3, 0.4) is 0 Å². The van der Waals surface area contributed by atoms with Gasteiger partial charge >= 0.3 is 0 Å². The first-order valence-corrected chi connectivity index (χ1v) is 9.20. The highest BCUT2D eigenvalue weighted by Crippen LogP contribution is 2.25. The van der Waals surface area contributed by atoms with E-state index in [9.17, 15) is 0 Å². The molecule has 0 bridgehead atoms. The van der Waals surface area contributed by atoms with Gasteiger partial charge in [0, 0.05) is 26.1 Å². The van der Waals surface area contributed by atoms with Crippen LogP contribution in [0.15, 0.2) is 35.6 Å². The van der Waals surface area contributed by atoms with Gasteiger partial charge in [-0.15, -0.1) is 24.0 Å². The van der Waals surface area contributed by atoms with Gasteiger partial charge in [-0.25, -0.2) is 4.98 Å². The highest BCUT2D eigenvalue weighted by Gasteiger charge is 2.24. The fourth-order valence-corrected chi connectivity index (χ4v) is 3.29. The van der Waals surface area contributed by atoms with Gasteiger partial charge in [0.1, 0.15) is 24.0 Å². The minimum absolute atomic E-state index is 0. The van der Waals surface area contributed by atoms with Gasteiger partial charge in [0.2, 0.25) is 0 Å². The van der Waals surface area contributed by atoms with Crippen molar-refractivity contribution < 1.29 is 4.74 Å². The summed E-state index contributed by atoms with van der Waals surface area (Å²) in [6, 6.07) is 8.09. The van der Waals surface area contributed by atoms with Crippen molar-refractivity contribution >= 4 is 29.9 Å². The van der Waals surface area contributed by atoms with Crippen molar-refractivity contribution in [1.29, 1.82) is 0 Å². The molecular formula is C19H29IN6O. The molecule has 1 atom stereocenters. The summed E-state index contributed by atoms with van der Waals surface area (Å²) in [4.78, 5) is 11.0. The van der Waals surface area contributed by atoms with Gasteiger partial charge in [-0.1, -0.05) is 18.2 Å². The molecule has 2 N–H and O–H groups in total. The summed E-state index contributed by atoms with van der Waals surface area (Å²) in [7, 11) is 1.83. The van der Waals surface area contributed by atoms with Crippen LogP contribution in [0.5, 0.6) is 5.75 Å². The quantitative estimate of drug-likeness (QED) is 0.388. The van der Waals surface area contributed by atoms with Crippen LogP contribution >= 0.6 is 24.0 Å². The van der Waals surface area contributed by atoms with E-state index >= 15 is 0 Å². The molecule has 0 saturated carbocycles. The number of nitrogens with zero attached hydrogens (tertiary/aromatic N) is 4. The monoisotopic (exact) mass is 484 g/mol. The van der Waals surface area contributed by atoms with E-state index in [2.05, 4.69) is 50.3 Å². The summed E-state index contributed by atoms with van der Waals surface area (Å²) >= 11 is 0. The van der Waals surface area contributed by atoms with E-state index in [1.54, 1.807) is 6.33 Å². The van der Waals surface area contributed by atoms with E-state index in [-0.39, 0.29) is 30.1 Å². The number of halogens is 1. The Morgan fingerprint density at radius 2 is 2.11 bits per heavy atom. The van der Waals surface area contributed by atoms with Crippen molar-refractivity contribution in [3.63, 3.8) is 0 Å². The second kappa shape index (κ2) is 10.5. The fourth-order valence-electron chi connectivity index (χ4n) is 3.29. The Hall–Kier alpha value is -1.84. The molecule has 1 unspecified atom stereocenters. The summed E-state index contributed by atoms with van der Waals surface area (Å²) in [5.41, 5.74) is 1.15. The third kappa shape index (κ3) is 5.82. The van der Waals surface area contributed by atoms with Crippen molar-refractivity contribution in [2.75, 3.05) is 26.7 Å². The number of aromatic nitrogens is 3. The minimum atomic E-state index is 0. The molecule has 0 radical (unpaired) electrons. The lowest BCUT2D eigenvalue weighted by atomic mass is 9.96. The predicted octanol–water partition coefficient (Wildman–Crippen LogP) is 2.95. The van der Waals surface area contributed by atoms with Crippen LogP contribution in [0.1, 0.15) is 37.1 Å². The van der Waals surface area contributed by atoms with Crippen LogP contribution in [-0.2, 0) is 0 Å². The van der Waals surface area contributed by atoms with Gasteiger partial charge in [-0.05, 0) is 38.3 Å². The average molecular weight is 484 g/mol. The smallest absolute Gasteiger partial charge is 0.193 e. The maximum absolute atomic E-state index is 6.04. The second-order valence-electron chi connectivity index (χ2n) is 6.75. The highest BCUT2D eigenvalue weighted by molar-refractivity contribution is 14.0. The Morgan fingerprint density at radius 3 is 2.74 bits per heavy atom. The number of hydrogen-bond acceptors (Lipinski definition) is 4. The Bertz CT molecular complexity index is 713. The summed E-state index contributed by atoms with van der Waals surface area (Å²) in [6.07, 6.45) is 3.73. The topological polar surface area (TPSA) is 78.4 Å². The van der Waals surface area contributed by atoms with Crippen LogP contribution in [0.25, 0.3) is 0 Å². The summed E-state index contributed by atoms with van der Waals surface area (Å²) in [6.45, 7) is 6.76. The second-order valence-corrected chi connectivity index (χ2v) is 6.75. The number of H-pyrrole nitrogens is 1. The Morgan fingerprint density at radius 1 is 1.37 bits per heavy atom. The molecule has 2 heterocycles. The molecule has 1 aromatic carbocycles. The summed E-state index contributed by atoms with van der Waals surface area (Å²) in [5, 5.41) is 10.4. The van der Waals surface area contributed by atoms with Crippen molar-refractivity contribution in [3.8, 4) is 5.75 Å². The number of nitrogens with one attached hydrogen (secondary N) is 2. The van der Waals surface area contributed by atoms with Crippen molar-refractivity contribution in [3.05, 3.63) is 42.0 Å². The van der Waals surface area contributed by atoms with Crippen LogP contribution in [0.4, 0.5) is 0 Å². The molecule has 0 spiro atoms. The van der Waals surface area contributed by atoms with Crippen LogP contribution < -0.4 is 10.1 Å². The summed E-state index contributed by atoms with van der Waals surface area (Å²) < 4.78 is 6.04. The molecule has 0 amide bonds. The normalized spacial score (nSPS) is 16.6. The SMILES string of the molecule is CN=C(NCC(C)Oc1ccccc1C)N1CCC(c2ncn[nH]2)CC1.I. The molecule has 1 fully saturated rings. The van der Waals surface area contributed by atoms with Crippen molar-refractivity contribution in [2.24, 2.45) is 4.99 Å². The number of aryl methyl sites for hydroxylation is 1. The van der Waals surface area contributed by atoms with E-state index in [0.717, 1.165) is 49.0 Å². The maximum Gasteiger partial charge on any atom is 0.193 e. The number of aromatic amines is 1. The van der Waals surface area contributed by atoms with Gasteiger partial charge in [-0.3, -0.25) is 10.1 Å². The van der Waals surface area contributed by atoms with Gasteiger partial charge < -0.3 is 15.0 Å². The molecule has 7 nitrogen and oxygen atoms in total. The van der Waals surface area contributed by atoms with E-state index in [0.29, 0.717) is 12.5 Å². The Kier molecular flexibility index (Phi) is 8.33. The highest BCUT2D eigenvalue weighted by atomic mass is 127. The molecule has 1 aromatic heterocycles. The predicted molar refractivity (Wildman–Crippen MR) is 118 cm³/mol. The number of para-hydroxylation sites is 1. The number of hydrogen-bond donors (Lipinski definition) is 2. The number of aliphatic imine (C=N–C) groups is 1. The zero-order valence-corrected chi connectivity index (χ0v) is 18.5. The van der Waals surface area contributed by atoms with E-state index < -0.39 is 0 Å². The third-order valence-corrected chi connectivity index (χ3v) is 4.80. The number of guanidine groups is 1. The molecule has 0 aliphatic carbocycles. The third-order valence-electron chi connectivity index (χ3n) is 4.80.